The highest BCUT2D eigenvalue weighted by Crippen LogP contribution is 2.13. The highest BCUT2D eigenvalue weighted by molar-refractivity contribution is 5.69. The normalized spacial score (nSPS) is 12.4. The van der Waals surface area contributed by atoms with E-state index in [1.54, 1.807) is 0 Å². The highest BCUT2D eigenvalue weighted by atomic mass is 16.5. The first kappa shape index (κ1) is 23.7. The highest BCUT2D eigenvalue weighted by Gasteiger charge is 2.09. The fourth-order valence-corrected chi connectivity index (χ4v) is 2.71. The second-order valence-electron chi connectivity index (χ2n) is 6.71. The van der Waals surface area contributed by atoms with Crippen molar-refractivity contribution in [3.05, 3.63) is 12.2 Å². The van der Waals surface area contributed by atoms with Gasteiger partial charge in [-0.15, -0.1) is 0 Å². The number of carboxylic acid groups (broad SMARTS) is 1. The molecule has 146 valence electrons. The molecule has 0 spiro atoms. The zero-order chi connectivity index (χ0) is 18.8. The Labute approximate surface area is 154 Å². The number of allylic oxidation sites excluding steroid dienone is 1. The van der Waals surface area contributed by atoms with Crippen LogP contribution in [-0.4, -0.2) is 23.1 Å². The fraction of sp³-hybridized carbons (Fsp3) is 0.810. The van der Waals surface area contributed by atoms with Gasteiger partial charge in [0.1, 0.15) is 6.10 Å². The van der Waals surface area contributed by atoms with Gasteiger partial charge in [-0.3, -0.25) is 9.59 Å². The predicted molar refractivity (Wildman–Crippen MR) is 103 cm³/mol. The maximum Gasteiger partial charge on any atom is 0.306 e. The molecule has 0 aliphatic carbocycles. The SMILES string of the molecule is CCCCCCCC/C=C\C(CCCCCCC(=O)O)OC(=O)CC. The van der Waals surface area contributed by atoms with Gasteiger partial charge in [-0.05, 0) is 38.2 Å². The molecule has 0 aromatic carbocycles. The molecular formula is C21H38O4. The van der Waals surface area contributed by atoms with E-state index in [1.165, 1.54) is 38.5 Å². The van der Waals surface area contributed by atoms with Crippen LogP contribution in [0.2, 0.25) is 0 Å². The zero-order valence-corrected chi connectivity index (χ0v) is 16.3. The van der Waals surface area contributed by atoms with Gasteiger partial charge >= 0.3 is 11.9 Å². The average molecular weight is 355 g/mol. The first-order chi connectivity index (χ1) is 12.1. The molecule has 0 aliphatic heterocycles. The van der Waals surface area contributed by atoms with Crippen molar-refractivity contribution in [2.75, 3.05) is 0 Å². The van der Waals surface area contributed by atoms with E-state index < -0.39 is 5.97 Å². The van der Waals surface area contributed by atoms with Crippen LogP contribution in [0.15, 0.2) is 12.2 Å². The molecular weight excluding hydrogens is 316 g/mol. The number of hydrogen-bond donors (Lipinski definition) is 1. The standard InChI is InChI=1S/C21H38O4/c1-3-5-6-7-8-9-10-13-16-19(25-21(24)4-2)17-14-11-12-15-18-20(22)23/h13,16,19H,3-12,14-15,17-18H2,1-2H3,(H,22,23)/b16-13-. The molecule has 0 saturated carbocycles. The van der Waals surface area contributed by atoms with Gasteiger partial charge < -0.3 is 9.84 Å². The third-order valence-electron chi connectivity index (χ3n) is 4.28. The molecule has 0 aliphatic rings. The summed E-state index contributed by atoms with van der Waals surface area (Å²) in [5, 5.41) is 8.62. The number of carboxylic acids is 1. The van der Waals surface area contributed by atoms with Crippen LogP contribution in [0.4, 0.5) is 0 Å². The second-order valence-corrected chi connectivity index (χ2v) is 6.71. The van der Waals surface area contributed by atoms with Gasteiger partial charge in [-0.1, -0.05) is 64.9 Å². The van der Waals surface area contributed by atoms with Crippen LogP contribution in [0, 0.1) is 0 Å². The van der Waals surface area contributed by atoms with Crippen molar-refractivity contribution in [3.8, 4) is 0 Å². The second kappa shape index (κ2) is 17.5. The van der Waals surface area contributed by atoms with E-state index in [9.17, 15) is 9.59 Å². The molecule has 1 N–H and O–H groups in total. The number of esters is 1. The van der Waals surface area contributed by atoms with E-state index in [1.807, 2.05) is 13.0 Å². The number of carbonyl (C=O) groups is 2. The summed E-state index contributed by atoms with van der Waals surface area (Å²) in [4.78, 5) is 22.0. The number of carbonyl (C=O) groups excluding carboxylic acids is 1. The number of aliphatic carboxylic acids is 1. The van der Waals surface area contributed by atoms with Crippen molar-refractivity contribution in [1.82, 2.24) is 0 Å². The van der Waals surface area contributed by atoms with Crippen LogP contribution in [0.1, 0.15) is 104 Å². The van der Waals surface area contributed by atoms with Crippen LogP contribution in [-0.2, 0) is 14.3 Å². The van der Waals surface area contributed by atoms with Gasteiger partial charge in [-0.25, -0.2) is 0 Å². The quantitative estimate of drug-likeness (QED) is 0.196. The number of rotatable bonds is 17. The lowest BCUT2D eigenvalue weighted by atomic mass is 10.1. The Hall–Kier alpha value is -1.32. The molecule has 1 atom stereocenters. The third-order valence-corrected chi connectivity index (χ3v) is 4.28. The summed E-state index contributed by atoms with van der Waals surface area (Å²) in [7, 11) is 0. The maximum absolute atomic E-state index is 11.5. The molecule has 0 rings (SSSR count). The molecule has 0 radical (unpaired) electrons. The molecule has 0 bridgehead atoms. The lowest BCUT2D eigenvalue weighted by molar-refractivity contribution is -0.146. The van der Waals surface area contributed by atoms with Crippen LogP contribution in [0.25, 0.3) is 0 Å². The van der Waals surface area contributed by atoms with Crippen molar-refractivity contribution < 1.29 is 19.4 Å². The first-order valence-electron chi connectivity index (χ1n) is 10.2. The zero-order valence-electron chi connectivity index (χ0n) is 16.3. The Morgan fingerprint density at radius 2 is 1.56 bits per heavy atom. The van der Waals surface area contributed by atoms with E-state index >= 15 is 0 Å². The van der Waals surface area contributed by atoms with Crippen molar-refractivity contribution >= 4 is 11.9 Å². The van der Waals surface area contributed by atoms with Crippen molar-refractivity contribution in [2.24, 2.45) is 0 Å². The predicted octanol–water partition coefficient (Wildman–Crippen LogP) is 6.04. The monoisotopic (exact) mass is 354 g/mol. The van der Waals surface area contributed by atoms with Crippen molar-refractivity contribution in [2.45, 2.75) is 110 Å². The minimum absolute atomic E-state index is 0.132. The van der Waals surface area contributed by atoms with E-state index in [0.717, 1.165) is 38.5 Å². The maximum atomic E-state index is 11.5. The molecule has 0 aromatic heterocycles. The molecule has 0 aromatic rings. The molecule has 0 saturated heterocycles. The van der Waals surface area contributed by atoms with Gasteiger partial charge in [0.05, 0.1) is 0 Å². The van der Waals surface area contributed by atoms with Gasteiger partial charge in [0.25, 0.3) is 0 Å². The number of ether oxygens (including phenoxy) is 1. The lowest BCUT2D eigenvalue weighted by Gasteiger charge is -2.14. The molecule has 0 fully saturated rings. The van der Waals surface area contributed by atoms with Crippen LogP contribution in [0.5, 0.6) is 0 Å². The van der Waals surface area contributed by atoms with Gasteiger partial charge in [0.2, 0.25) is 0 Å². The van der Waals surface area contributed by atoms with Crippen LogP contribution in [0.3, 0.4) is 0 Å². The third kappa shape index (κ3) is 17.3. The van der Waals surface area contributed by atoms with Gasteiger partial charge in [-0.2, -0.15) is 0 Å². The minimum atomic E-state index is -0.729. The van der Waals surface area contributed by atoms with Crippen LogP contribution < -0.4 is 0 Å². The molecule has 4 nitrogen and oxygen atoms in total. The summed E-state index contributed by atoms with van der Waals surface area (Å²) >= 11 is 0. The molecule has 0 amide bonds. The summed E-state index contributed by atoms with van der Waals surface area (Å²) in [6, 6.07) is 0. The lowest BCUT2D eigenvalue weighted by Crippen LogP contribution is -2.15. The summed E-state index contributed by atoms with van der Waals surface area (Å²) in [5.41, 5.74) is 0. The molecule has 0 heterocycles. The van der Waals surface area contributed by atoms with Crippen LogP contribution >= 0.6 is 0 Å². The smallest absolute Gasteiger partial charge is 0.306 e. The number of hydrogen-bond acceptors (Lipinski definition) is 3. The van der Waals surface area contributed by atoms with E-state index in [4.69, 9.17) is 9.84 Å². The number of unbranched alkanes of at least 4 members (excludes halogenated alkanes) is 9. The van der Waals surface area contributed by atoms with Crippen molar-refractivity contribution in [3.63, 3.8) is 0 Å². The molecule has 25 heavy (non-hydrogen) atoms. The summed E-state index contributed by atoms with van der Waals surface area (Å²) in [5.74, 6) is -0.882. The Bertz CT molecular complexity index is 363. The topological polar surface area (TPSA) is 63.6 Å². The average Bonchev–Trinajstić information content (AvgIpc) is 2.59. The summed E-state index contributed by atoms with van der Waals surface area (Å²) in [6.45, 7) is 4.04. The van der Waals surface area contributed by atoms with Gasteiger partial charge in [0.15, 0.2) is 0 Å². The summed E-state index contributed by atoms with van der Waals surface area (Å²) in [6.07, 6.45) is 17.9. The summed E-state index contributed by atoms with van der Waals surface area (Å²) < 4.78 is 5.48. The Kier molecular flexibility index (Phi) is 16.6. The van der Waals surface area contributed by atoms with Crippen molar-refractivity contribution in [1.29, 1.82) is 0 Å². The Balaban J connectivity index is 3.93. The Morgan fingerprint density at radius 1 is 0.920 bits per heavy atom. The minimum Gasteiger partial charge on any atom is -0.481 e. The first-order valence-corrected chi connectivity index (χ1v) is 10.2. The van der Waals surface area contributed by atoms with Gasteiger partial charge in [0, 0.05) is 12.8 Å². The van der Waals surface area contributed by atoms with E-state index in [-0.39, 0.29) is 18.5 Å². The Morgan fingerprint density at radius 3 is 2.24 bits per heavy atom. The fourth-order valence-electron chi connectivity index (χ4n) is 2.71. The molecule has 1 unspecified atom stereocenters. The van der Waals surface area contributed by atoms with E-state index in [0.29, 0.717) is 6.42 Å². The molecule has 4 heteroatoms. The largest absolute Gasteiger partial charge is 0.481 e. The van der Waals surface area contributed by atoms with E-state index in [2.05, 4.69) is 13.0 Å².